The lowest BCUT2D eigenvalue weighted by Gasteiger charge is -2.04. The van der Waals surface area contributed by atoms with Gasteiger partial charge in [-0.3, -0.25) is 0 Å². The SMILES string of the molecule is CC(N=N)c1ccc(Cl)c(Cl)c1. The Morgan fingerprint density at radius 1 is 1.33 bits per heavy atom. The van der Waals surface area contributed by atoms with Crippen molar-refractivity contribution in [2.75, 3.05) is 0 Å². The van der Waals surface area contributed by atoms with Gasteiger partial charge < -0.3 is 0 Å². The molecule has 0 saturated carbocycles. The molecule has 0 aliphatic heterocycles. The maximum atomic E-state index is 6.82. The lowest BCUT2D eigenvalue weighted by atomic mass is 10.1. The first-order chi connectivity index (χ1) is 5.65. The molecule has 4 heteroatoms. The van der Waals surface area contributed by atoms with E-state index in [1.165, 1.54) is 0 Å². The number of hydrogen-bond donors (Lipinski definition) is 1. The van der Waals surface area contributed by atoms with E-state index in [0.717, 1.165) is 5.56 Å². The number of halogens is 2. The Balaban J connectivity index is 3.04. The normalized spacial score (nSPS) is 12.6. The van der Waals surface area contributed by atoms with E-state index < -0.39 is 0 Å². The van der Waals surface area contributed by atoms with Gasteiger partial charge in [0.1, 0.15) is 0 Å². The maximum Gasteiger partial charge on any atom is 0.0927 e. The van der Waals surface area contributed by atoms with E-state index in [2.05, 4.69) is 5.11 Å². The highest BCUT2D eigenvalue weighted by atomic mass is 35.5. The minimum Gasteiger partial charge on any atom is -0.209 e. The summed E-state index contributed by atoms with van der Waals surface area (Å²) in [6, 6.07) is 5.10. The minimum atomic E-state index is -0.153. The summed E-state index contributed by atoms with van der Waals surface area (Å²) in [5.41, 5.74) is 7.72. The highest BCUT2D eigenvalue weighted by molar-refractivity contribution is 6.42. The van der Waals surface area contributed by atoms with Crippen molar-refractivity contribution >= 4 is 23.2 Å². The molecule has 1 unspecified atom stereocenters. The Morgan fingerprint density at radius 3 is 2.50 bits per heavy atom. The number of rotatable bonds is 2. The Bertz CT molecular complexity index is 299. The summed E-state index contributed by atoms with van der Waals surface area (Å²) in [5.74, 6) is 0. The molecule has 0 amide bonds. The van der Waals surface area contributed by atoms with Crippen LogP contribution in [0.15, 0.2) is 23.3 Å². The topological polar surface area (TPSA) is 36.2 Å². The van der Waals surface area contributed by atoms with Crippen LogP contribution in [0.5, 0.6) is 0 Å². The van der Waals surface area contributed by atoms with Crippen molar-refractivity contribution in [3.8, 4) is 0 Å². The van der Waals surface area contributed by atoms with Gasteiger partial charge in [-0.15, -0.1) is 0 Å². The molecular weight excluding hydrogens is 195 g/mol. The summed E-state index contributed by atoms with van der Waals surface area (Å²) in [6.45, 7) is 1.83. The molecule has 12 heavy (non-hydrogen) atoms. The zero-order chi connectivity index (χ0) is 9.14. The van der Waals surface area contributed by atoms with Gasteiger partial charge in [0, 0.05) is 0 Å². The predicted molar refractivity (Wildman–Crippen MR) is 50.0 cm³/mol. The highest BCUT2D eigenvalue weighted by Gasteiger charge is 2.05. The van der Waals surface area contributed by atoms with Crippen LogP contribution < -0.4 is 0 Å². The third-order valence-corrected chi connectivity index (χ3v) is 2.36. The molecule has 1 rings (SSSR count). The van der Waals surface area contributed by atoms with Gasteiger partial charge in [0.15, 0.2) is 0 Å². The van der Waals surface area contributed by atoms with Crippen molar-refractivity contribution < 1.29 is 0 Å². The van der Waals surface area contributed by atoms with Crippen molar-refractivity contribution in [3.63, 3.8) is 0 Å². The van der Waals surface area contributed by atoms with E-state index in [-0.39, 0.29) is 6.04 Å². The quantitative estimate of drug-likeness (QED) is 0.703. The fraction of sp³-hybridized carbons (Fsp3) is 0.250. The molecule has 0 aliphatic rings. The second-order valence-electron chi connectivity index (χ2n) is 2.48. The van der Waals surface area contributed by atoms with Gasteiger partial charge in [0.05, 0.1) is 16.1 Å². The molecule has 0 heterocycles. The smallest absolute Gasteiger partial charge is 0.0927 e. The first-order valence-corrected chi connectivity index (χ1v) is 4.22. The van der Waals surface area contributed by atoms with Crippen LogP contribution >= 0.6 is 23.2 Å². The molecule has 0 bridgehead atoms. The van der Waals surface area contributed by atoms with Gasteiger partial charge in [-0.1, -0.05) is 29.3 Å². The summed E-state index contributed by atoms with van der Waals surface area (Å²) in [7, 11) is 0. The van der Waals surface area contributed by atoms with Crippen LogP contribution in [0.25, 0.3) is 0 Å². The van der Waals surface area contributed by atoms with Gasteiger partial charge in [0.25, 0.3) is 0 Å². The Hall–Kier alpha value is -0.600. The minimum absolute atomic E-state index is 0.153. The van der Waals surface area contributed by atoms with Crippen LogP contribution in [0.2, 0.25) is 10.0 Å². The largest absolute Gasteiger partial charge is 0.209 e. The molecule has 1 N–H and O–H groups in total. The second kappa shape index (κ2) is 3.87. The van der Waals surface area contributed by atoms with Gasteiger partial charge in [-0.2, -0.15) is 5.11 Å². The van der Waals surface area contributed by atoms with Gasteiger partial charge in [-0.25, -0.2) is 5.53 Å². The number of nitrogens with one attached hydrogen (secondary N) is 1. The van der Waals surface area contributed by atoms with Crippen molar-refractivity contribution in [3.05, 3.63) is 33.8 Å². The van der Waals surface area contributed by atoms with Gasteiger partial charge >= 0.3 is 0 Å². The van der Waals surface area contributed by atoms with E-state index in [1.54, 1.807) is 12.1 Å². The molecule has 0 aromatic heterocycles. The third-order valence-electron chi connectivity index (χ3n) is 1.62. The summed E-state index contributed by atoms with van der Waals surface area (Å²) in [6.07, 6.45) is 0. The lowest BCUT2D eigenvalue weighted by Crippen LogP contribution is -1.87. The van der Waals surface area contributed by atoms with Crippen LogP contribution in [0, 0.1) is 5.53 Å². The number of benzene rings is 1. The Kier molecular flexibility index (Phi) is 3.06. The molecule has 1 aromatic carbocycles. The monoisotopic (exact) mass is 202 g/mol. The zero-order valence-corrected chi connectivity index (χ0v) is 8.02. The van der Waals surface area contributed by atoms with Crippen LogP contribution in [-0.4, -0.2) is 0 Å². The van der Waals surface area contributed by atoms with E-state index in [0.29, 0.717) is 10.0 Å². The summed E-state index contributed by atoms with van der Waals surface area (Å²) >= 11 is 11.5. The predicted octanol–water partition coefficient (Wildman–Crippen LogP) is 4.09. The summed E-state index contributed by atoms with van der Waals surface area (Å²) in [4.78, 5) is 0. The van der Waals surface area contributed by atoms with E-state index in [4.69, 9.17) is 28.7 Å². The highest BCUT2D eigenvalue weighted by Crippen LogP contribution is 2.26. The first-order valence-electron chi connectivity index (χ1n) is 3.46. The molecule has 0 aliphatic carbocycles. The van der Waals surface area contributed by atoms with Crippen molar-refractivity contribution in [1.29, 1.82) is 5.53 Å². The average molecular weight is 203 g/mol. The fourth-order valence-corrected chi connectivity index (χ4v) is 1.15. The third kappa shape index (κ3) is 1.96. The molecular formula is C8H8Cl2N2. The molecule has 0 saturated heterocycles. The molecule has 0 fully saturated rings. The first kappa shape index (κ1) is 9.49. The Morgan fingerprint density at radius 2 is 2.00 bits per heavy atom. The molecule has 1 atom stereocenters. The van der Waals surface area contributed by atoms with E-state index in [9.17, 15) is 0 Å². The van der Waals surface area contributed by atoms with Crippen LogP contribution in [0.1, 0.15) is 18.5 Å². The second-order valence-corrected chi connectivity index (χ2v) is 3.29. The number of nitrogens with zero attached hydrogens (tertiary/aromatic N) is 1. The fourth-order valence-electron chi connectivity index (χ4n) is 0.847. The van der Waals surface area contributed by atoms with Crippen molar-refractivity contribution in [1.82, 2.24) is 0 Å². The van der Waals surface area contributed by atoms with Crippen molar-refractivity contribution in [2.45, 2.75) is 13.0 Å². The van der Waals surface area contributed by atoms with Gasteiger partial charge in [0.2, 0.25) is 0 Å². The van der Waals surface area contributed by atoms with Crippen LogP contribution in [0.4, 0.5) is 0 Å². The van der Waals surface area contributed by atoms with E-state index >= 15 is 0 Å². The summed E-state index contributed by atoms with van der Waals surface area (Å²) in [5, 5.41) is 4.41. The zero-order valence-electron chi connectivity index (χ0n) is 6.51. The average Bonchev–Trinajstić information content (AvgIpc) is 2.08. The maximum absolute atomic E-state index is 6.82. The van der Waals surface area contributed by atoms with E-state index in [1.807, 2.05) is 13.0 Å². The molecule has 64 valence electrons. The van der Waals surface area contributed by atoms with Crippen LogP contribution in [0.3, 0.4) is 0 Å². The molecule has 2 nitrogen and oxygen atoms in total. The van der Waals surface area contributed by atoms with Crippen LogP contribution in [-0.2, 0) is 0 Å². The lowest BCUT2D eigenvalue weighted by molar-refractivity contribution is 0.734. The molecule has 0 radical (unpaired) electrons. The van der Waals surface area contributed by atoms with Crippen molar-refractivity contribution in [2.24, 2.45) is 5.11 Å². The number of hydrogen-bond acceptors (Lipinski definition) is 2. The Labute approximate surface area is 81.0 Å². The molecule has 1 aromatic rings. The standard InChI is InChI=1S/C8H8Cl2N2/c1-5(12-11)6-2-3-7(9)8(10)4-6/h2-5,11H,1H3. The molecule has 0 spiro atoms. The van der Waals surface area contributed by atoms with Gasteiger partial charge in [-0.05, 0) is 24.6 Å². The summed E-state index contributed by atoms with van der Waals surface area (Å²) < 4.78 is 0.